The van der Waals surface area contributed by atoms with Gasteiger partial charge in [0, 0.05) is 6.42 Å². The van der Waals surface area contributed by atoms with Crippen LogP contribution in [0.2, 0.25) is 0 Å². The third-order valence-electron chi connectivity index (χ3n) is 4.18. The van der Waals surface area contributed by atoms with Gasteiger partial charge in [0.25, 0.3) is 0 Å². The van der Waals surface area contributed by atoms with E-state index in [1.807, 2.05) is 30.3 Å². The number of rotatable bonds is 9. The van der Waals surface area contributed by atoms with Crippen LogP contribution in [0.3, 0.4) is 0 Å². The van der Waals surface area contributed by atoms with Crippen LogP contribution in [0.25, 0.3) is 0 Å². The molecule has 0 spiro atoms. The van der Waals surface area contributed by atoms with Gasteiger partial charge in [-0.05, 0) is 50.5 Å². The van der Waals surface area contributed by atoms with Crippen LogP contribution in [-0.2, 0) is 20.9 Å². The van der Waals surface area contributed by atoms with Gasteiger partial charge in [0.2, 0.25) is 0 Å². The molecule has 0 aliphatic heterocycles. The number of aliphatic carboxylic acids is 1. The molecular formula is C23H28O6. The molecule has 0 heterocycles. The molecule has 0 saturated carbocycles. The predicted molar refractivity (Wildman–Crippen MR) is 109 cm³/mol. The maximum Gasteiger partial charge on any atom is 0.310 e. The van der Waals surface area contributed by atoms with Crippen molar-refractivity contribution in [1.29, 1.82) is 0 Å². The summed E-state index contributed by atoms with van der Waals surface area (Å²) in [4.78, 5) is 23.8. The molecule has 0 radical (unpaired) electrons. The third-order valence-corrected chi connectivity index (χ3v) is 4.18. The zero-order valence-electron chi connectivity index (χ0n) is 17.3. The first-order valence-electron chi connectivity index (χ1n) is 9.49. The highest BCUT2D eigenvalue weighted by Crippen LogP contribution is 2.33. The van der Waals surface area contributed by atoms with Crippen molar-refractivity contribution < 1.29 is 28.9 Å². The topological polar surface area (TPSA) is 82.1 Å². The summed E-state index contributed by atoms with van der Waals surface area (Å²) in [5, 5.41) is 9.67. The van der Waals surface area contributed by atoms with Gasteiger partial charge >= 0.3 is 11.9 Å². The Bertz CT molecular complexity index is 823. The molecular weight excluding hydrogens is 372 g/mol. The highest BCUT2D eigenvalue weighted by molar-refractivity contribution is 5.78. The van der Waals surface area contributed by atoms with Gasteiger partial charge in [-0.25, -0.2) is 0 Å². The average Bonchev–Trinajstić information content (AvgIpc) is 2.65. The molecule has 6 nitrogen and oxygen atoms in total. The van der Waals surface area contributed by atoms with Gasteiger partial charge in [-0.1, -0.05) is 36.4 Å². The van der Waals surface area contributed by atoms with Gasteiger partial charge in [-0.15, -0.1) is 0 Å². The summed E-state index contributed by atoms with van der Waals surface area (Å²) < 4.78 is 16.5. The molecule has 2 aromatic carbocycles. The van der Waals surface area contributed by atoms with Crippen LogP contribution in [0.1, 0.15) is 50.7 Å². The molecule has 0 amide bonds. The number of hydrogen-bond acceptors (Lipinski definition) is 5. The lowest BCUT2D eigenvalue weighted by molar-refractivity contribution is -0.155. The Balaban J connectivity index is 2.14. The number of hydrogen-bond donors (Lipinski definition) is 1. The Morgan fingerprint density at radius 3 is 2.31 bits per heavy atom. The fourth-order valence-corrected chi connectivity index (χ4v) is 2.85. The number of ether oxygens (including phenoxy) is 3. The smallest absolute Gasteiger partial charge is 0.310 e. The van der Waals surface area contributed by atoms with Crippen molar-refractivity contribution in [2.45, 2.75) is 51.7 Å². The van der Waals surface area contributed by atoms with E-state index >= 15 is 0 Å². The van der Waals surface area contributed by atoms with Crippen molar-refractivity contribution in [2.75, 3.05) is 7.11 Å². The quantitative estimate of drug-likeness (QED) is 0.621. The van der Waals surface area contributed by atoms with E-state index in [2.05, 4.69) is 0 Å². The first-order chi connectivity index (χ1) is 13.7. The van der Waals surface area contributed by atoms with Gasteiger partial charge in [0.05, 0.1) is 13.0 Å². The molecule has 0 aliphatic carbocycles. The van der Waals surface area contributed by atoms with Crippen molar-refractivity contribution >= 4 is 11.9 Å². The zero-order valence-corrected chi connectivity index (χ0v) is 17.3. The van der Waals surface area contributed by atoms with E-state index in [9.17, 15) is 14.7 Å². The predicted octanol–water partition coefficient (Wildman–Crippen LogP) is 4.56. The molecule has 0 fully saturated rings. The van der Waals surface area contributed by atoms with Crippen molar-refractivity contribution in [3.8, 4) is 11.5 Å². The van der Waals surface area contributed by atoms with Crippen LogP contribution in [0.15, 0.2) is 48.5 Å². The maximum atomic E-state index is 12.0. The van der Waals surface area contributed by atoms with Crippen molar-refractivity contribution in [2.24, 2.45) is 0 Å². The fourth-order valence-electron chi connectivity index (χ4n) is 2.85. The normalized spacial score (nSPS) is 12.1. The van der Waals surface area contributed by atoms with Crippen LogP contribution >= 0.6 is 0 Å². The molecule has 2 rings (SSSR count). The number of carbonyl (C=O) groups excluding carboxylic acids is 1. The molecule has 1 N–H and O–H groups in total. The molecule has 6 heteroatoms. The van der Waals surface area contributed by atoms with Gasteiger partial charge in [-0.3, -0.25) is 9.59 Å². The van der Waals surface area contributed by atoms with E-state index in [0.717, 1.165) is 5.56 Å². The minimum atomic E-state index is -1.01. The zero-order chi connectivity index (χ0) is 21.4. The van der Waals surface area contributed by atoms with Crippen LogP contribution < -0.4 is 9.47 Å². The number of carbonyl (C=O) groups is 2. The van der Waals surface area contributed by atoms with Gasteiger partial charge in [-0.2, -0.15) is 0 Å². The van der Waals surface area contributed by atoms with Crippen molar-refractivity contribution in [1.82, 2.24) is 0 Å². The Hall–Kier alpha value is -3.02. The SMILES string of the molecule is COc1ccc([C@H](CCC(=O)OC(C)(C)C)C(=O)O)cc1OCc1ccccc1. The first kappa shape index (κ1) is 22.3. The molecule has 156 valence electrons. The second kappa shape index (κ2) is 9.96. The minimum Gasteiger partial charge on any atom is -0.493 e. The Labute approximate surface area is 171 Å². The second-order valence-corrected chi connectivity index (χ2v) is 7.70. The second-order valence-electron chi connectivity index (χ2n) is 7.70. The van der Waals surface area contributed by atoms with E-state index in [1.54, 1.807) is 39.0 Å². The average molecular weight is 400 g/mol. The van der Waals surface area contributed by atoms with E-state index in [4.69, 9.17) is 14.2 Å². The number of methoxy groups -OCH3 is 1. The van der Waals surface area contributed by atoms with Crippen molar-refractivity contribution in [3.05, 3.63) is 59.7 Å². The number of benzene rings is 2. The Morgan fingerprint density at radius 2 is 1.72 bits per heavy atom. The number of carboxylic acids is 1. The van der Waals surface area contributed by atoms with Crippen LogP contribution in [0, 0.1) is 0 Å². The molecule has 0 unspecified atom stereocenters. The van der Waals surface area contributed by atoms with E-state index < -0.39 is 23.5 Å². The summed E-state index contributed by atoms with van der Waals surface area (Å²) in [6.07, 6.45) is 0.148. The van der Waals surface area contributed by atoms with Gasteiger partial charge in [0.15, 0.2) is 11.5 Å². The highest BCUT2D eigenvalue weighted by atomic mass is 16.6. The molecule has 0 aliphatic rings. The summed E-state index contributed by atoms with van der Waals surface area (Å²) in [6.45, 7) is 5.66. The summed E-state index contributed by atoms with van der Waals surface area (Å²) in [5.41, 5.74) is 0.929. The molecule has 0 saturated heterocycles. The molecule has 29 heavy (non-hydrogen) atoms. The van der Waals surface area contributed by atoms with Crippen LogP contribution in [0.4, 0.5) is 0 Å². The molecule has 1 atom stereocenters. The van der Waals surface area contributed by atoms with Crippen LogP contribution in [0.5, 0.6) is 11.5 Å². The van der Waals surface area contributed by atoms with Crippen LogP contribution in [-0.4, -0.2) is 29.8 Å². The van der Waals surface area contributed by atoms with E-state index in [-0.39, 0.29) is 12.8 Å². The summed E-state index contributed by atoms with van der Waals surface area (Å²) >= 11 is 0. The van der Waals surface area contributed by atoms with Gasteiger partial charge < -0.3 is 19.3 Å². The van der Waals surface area contributed by atoms with E-state index in [0.29, 0.717) is 23.7 Å². The monoisotopic (exact) mass is 400 g/mol. The summed E-state index contributed by atoms with van der Waals surface area (Å²) in [7, 11) is 1.53. The highest BCUT2D eigenvalue weighted by Gasteiger charge is 2.24. The standard InChI is InChI=1S/C23H28O6/c1-23(2,3)29-21(24)13-11-18(22(25)26)17-10-12-19(27-4)20(14-17)28-15-16-8-6-5-7-9-16/h5-10,12,14,18H,11,13,15H2,1-4H3,(H,25,26)/t18-/m0/s1. The lowest BCUT2D eigenvalue weighted by atomic mass is 9.94. The fraction of sp³-hybridized carbons (Fsp3) is 0.391. The van der Waals surface area contributed by atoms with E-state index in [1.165, 1.54) is 7.11 Å². The summed E-state index contributed by atoms with van der Waals surface area (Å²) in [5.74, 6) is -1.31. The number of carboxylic acid groups (broad SMARTS) is 1. The Morgan fingerprint density at radius 1 is 1.03 bits per heavy atom. The Kier molecular flexibility index (Phi) is 7.65. The lowest BCUT2D eigenvalue weighted by Crippen LogP contribution is -2.24. The van der Waals surface area contributed by atoms with Gasteiger partial charge in [0.1, 0.15) is 12.2 Å². The molecule has 2 aromatic rings. The molecule has 0 aromatic heterocycles. The number of esters is 1. The van der Waals surface area contributed by atoms with Crippen molar-refractivity contribution in [3.63, 3.8) is 0 Å². The molecule has 0 bridgehead atoms. The third kappa shape index (κ3) is 7.14. The minimum absolute atomic E-state index is 0.0144. The lowest BCUT2D eigenvalue weighted by Gasteiger charge is -2.20. The first-order valence-corrected chi connectivity index (χ1v) is 9.49. The largest absolute Gasteiger partial charge is 0.493 e. The summed E-state index contributed by atoms with van der Waals surface area (Å²) in [6, 6.07) is 14.7. The maximum absolute atomic E-state index is 12.0.